The molecule has 0 saturated carbocycles. The maximum Gasteiger partial charge on any atom is 0.261 e. The molecule has 7 nitrogen and oxygen atoms in total. The third-order valence-electron chi connectivity index (χ3n) is 6.65. The van der Waals surface area contributed by atoms with Crippen molar-refractivity contribution in [1.82, 2.24) is 30.2 Å². The summed E-state index contributed by atoms with van der Waals surface area (Å²) in [6, 6.07) is 18.4. The molecule has 0 spiro atoms. The quantitative estimate of drug-likeness (QED) is 0.289. The molecule has 188 valence electrons. The van der Waals surface area contributed by atoms with Crippen LogP contribution in [0.2, 0.25) is 0 Å². The molecule has 2 heterocycles. The van der Waals surface area contributed by atoms with Gasteiger partial charge in [-0.2, -0.15) is 5.21 Å². The number of benzene rings is 3. The molecule has 37 heavy (non-hydrogen) atoms. The molecular weight excluding hydrogens is 467 g/mol. The molecule has 5 aromatic rings. The highest BCUT2D eigenvalue weighted by atomic mass is 19.1. The number of nitrogens with zero attached hydrogens (tertiary/aromatic N) is 5. The van der Waals surface area contributed by atoms with E-state index in [1.807, 2.05) is 36.4 Å². The number of aromatic amines is 1. The molecule has 0 fully saturated rings. The van der Waals surface area contributed by atoms with Crippen LogP contribution in [0.1, 0.15) is 56.5 Å². The Labute approximate surface area is 214 Å². The van der Waals surface area contributed by atoms with Crippen molar-refractivity contribution in [3.63, 3.8) is 0 Å². The average molecular weight is 497 g/mol. The molecule has 0 aliphatic carbocycles. The maximum atomic E-state index is 14.0. The summed E-state index contributed by atoms with van der Waals surface area (Å²) < 4.78 is 15.8. The summed E-state index contributed by atoms with van der Waals surface area (Å²) in [6.07, 6.45) is 2.73. The number of halogens is 1. The van der Waals surface area contributed by atoms with Crippen LogP contribution < -0.4 is 5.56 Å². The third kappa shape index (κ3) is 5.05. The van der Waals surface area contributed by atoms with Crippen LogP contribution in [0.15, 0.2) is 65.5 Å². The molecule has 2 aromatic heterocycles. The van der Waals surface area contributed by atoms with E-state index >= 15 is 0 Å². The number of hydrogen-bond acceptors (Lipinski definition) is 5. The Bertz CT molecular complexity index is 1590. The lowest BCUT2D eigenvalue weighted by Crippen LogP contribution is -2.26. The molecule has 0 unspecified atom stereocenters. The topological polar surface area (TPSA) is 89.4 Å². The minimum Gasteiger partial charge on any atom is -0.292 e. The Kier molecular flexibility index (Phi) is 6.90. The van der Waals surface area contributed by atoms with E-state index in [1.165, 1.54) is 12.1 Å². The molecule has 0 atom stereocenters. The molecule has 5 rings (SSSR count). The van der Waals surface area contributed by atoms with Gasteiger partial charge in [0, 0.05) is 12.0 Å². The molecule has 0 amide bonds. The van der Waals surface area contributed by atoms with Crippen molar-refractivity contribution in [2.75, 3.05) is 0 Å². The van der Waals surface area contributed by atoms with E-state index in [0.717, 1.165) is 52.9 Å². The summed E-state index contributed by atoms with van der Waals surface area (Å²) in [6.45, 7) is 6.80. The number of H-pyrrole nitrogens is 1. The predicted molar refractivity (Wildman–Crippen MR) is 143 cm³/mol. The van der Waals surface area contributed by atoms with Crippen molar-refractivity contribution in [1.29, 1.82) is 0 Å². The Balaban J connectivity index is 1.52. The molecule has 0 saturated heterocycles. The molecule has 1 N–H and O–H groups in total. The van der Waals surface area contributed by atoms with Crippen LogP contribution in [0.4, 0.5) is 4.39 Å². The first-order chi connectivity index (χ1) is 17.9. The first kappa shape index (κ1) is 24.5. The van der Waals surface area contributed by atoms with Gasteiger partial charge in [-0.3, -0.25) is 9.36 Å². The van der Waals surface area contributed by atoms with Crippen molar-refractivity contribution in [3.05, 3.63) is 93.8 Å². The Morgan fingerprint density at radius 2 is 1.81 bits per heavy atom. The largest absolute Gasteiger partial charge is 0.292 e. The van der Waals surface area contributed by atoms with Gasteiger partial charge in [0.2, 0.25) is 5.82 Å². The zero-order valence-corrected chi connectivity index (χ0v) is 21.2. The van der Waals surface area contributed by atoms with Gasteiger partial charge < -0.3 is 0 Å². The fourth-order valence-electron chi connectivity index (χ4n) is 4.53. The molecular formula is C29H29FN6O. The van der Waals surface area contributed by atoms with E-state index < -0.39 is 0 Å². The van der Waals surface area contributed by atoms with E-state index in [0.29, 0.717) is 29.2 Å². The summed E-state index contributed by atoms with van der Waals surface area (Å²) in [5, 5.41) is 14.7. The Morgan fingerprint density at radius 1 is 1.00 bits per heavy atom. The second kappa shape index (κ2) is 10.4. The maximum absolute atomic E-state index is 14.0. The fraction of sp³-hybridized carbons (Fsp3) is 0.276. The number of hydrogen-bond donors (Lipinski definition) is 1. The fourth-order valence-corrected chi connectivity index (χ4v) is 4.53. The lowest BCUT2D eigenvalue weighted by molar-refractivity contribution is 0.628. The van der Waals surface area contributed by atoms with E-state index in [4.69, 9.17) is 4.98 Å². The molecule has 3 aromatic carbocycles. The van der Waals surface area contributed by atoms with E-state index in [1.54, 1.807) is 10.6 Å². The zero-order valence-electron chi connectivity index (χ0n) is 21.2. The minimum absolute atomic E-state index is 0.0133. The number of fused-ring (bicyclic) bond motifs is 1. The van der Waals surface area contributed by atoms with Crippen molar-refractivity contribution < 1.29 is 4.39 Å². The second-order valence-electron chi connectivity index (χ2n) is 9.58. The Morgan fingerprint density at radius 3 is 2.51 bits per heavy atom. The van der Waals surface area contributed by atoms with Gasteiger partial charge in [-0.25, -0.2) is 9.37 Å². The molecule has 8 heteroatoms. The standard InChI is InChI=1S/C29H29FN6O/c1-4-5-6-27-31-26-14-11-21(18(2)3)15-25(26)29(37)36(27)17-19-7-9-20(10-8-19)23-13-12-22(30)16-24(23)28-32-34-35-33-28/h7-16,18H,4-6,17H2,1-3H3,(H,32,33,34,35). The first-order valence-corrected chi connectivity index (χ1v) is 12.6. The van der Waals surface area contributed by atoms with Gasteiger partial charge in [0.25, 0.3) is 5.56 Å². The third-order valence-corrected chi connectivity index (χ3v) is 6.65. The highest BCUT2D eigenvalue weighted by molar-refractivity contribution is 5.80. The highest BCUT2D eigenvalue weighted by Gasteiger charge is 2.15. The van der Waals surface area contributed by atoms with Gasteiger partial charge in [0.15, 0.2) is 0 Å². The monoisotopic (exact) mass is 496 g/mol. The van der Waals surface area contributed by atoms with Crippen molar-refractivity contribution in [3.8, 4) is 22.5 Å². The highest BCUT2D eigenvalue weighted by Crippen LogP contribution is 2.31. The molecule has 0 radical (unpaired) electrons. The minimum atomic E-state index is -0.372. The SMILES string of the molecule is CCCCc1nc2ccc(C(C)C)cc2c(=O)n1Cc1ccc(-c2ccc(F)cc2-c2nn[nH]n2)cc1. The molecule has 0 bridgehead atoms. The van der Waals surface area contributed by atoms with E-state index in [9.17, 15) is 9.18 Å². The van der Waals surface area contributed by atoms with E-state index in [-0.39, 0.29) is 11.4 Å². The molecule has 0 aliphatic heterocycles. The first-order valence-electron chi connectivity index (χ1n) is 12.6. The number of rotatable bonds is 8. The lowest BCUT2D eigenvalue weighted by Gasteiger charge is -2.15. The van der Waals surface area contributed by atoms with Crippen LogP contribution in [0.25, 0.3) is 33.4 Å². The van der Waals surface area contributed by atoms with Crippen LogP contribution in [-0.4, -0.2) is 30.2 Å². The number of tetrazole rings is 1. The number of aryl methyl sites for hydroxylation is 1. The van der Waals surface area contributed by atoms with Gasteiger partial charge in [-0.05, 0) is 64.1 Å². The van der Waals surface area contributed by atoms with Gasteiger partial charge in [0.05, 0.1) is 17.4 Å². The van der Waals surface area contributed by atoms with Crippen LogP contribution >= 0.6 is 0 Å². The summed E-state index contributed by atoms with van der Waals surface area (Å²) in [5.74, 6) is 1.09. The average Bonchev–Trinajstić information content (AvgIpc) is 3.44. The second-order valence-corrected chi connectivity index (χ2v) is 9.58. The van der Waals surface area contributed by atoms with Crippen molar-refractivity contribution >= 4 is 10.9 Å². The Hall–Kier alpha value is -4.20. The van der Waals surface area contributed by atoms with Crippen LogP contribution in [-0.2, 0) is 13.0 Å². The van der Waals surface area contributed by atoms with E-state index in [2.05, 4.69) is 47.5 Å². The van der Waals surface area contributed by atoms with Crippen LogP contribution in [0.3, 0.4) is 0 Å². The number of nitrogens with one attached hydrogen (secondary N) is 1. The number of unbranched alkanes of at least 4 members (excludes halogenated alkanes) is 1. The zero-order chi connectivity index (χ0) is 25.9. The van der Waals surface area contributed by atoms with Crippen molar-refractivity contribution in [2.24, 2.45) is 0 Å². The van der Waals surface area contributed by atoms with Crippen molar-refractivity contribution in [2.45, 2.75) is 52.5 Å². The summed E-state index contributed by atoms with van der Waals surface area (Å²) >= 11 is 0. The lowest BCUT2D eigenvalue weighted by atomic mass is 9.98. The summed E-state index contributed by atoms with van der Waals surface area (Å²) in [4.78, 5) is 18.5. The number of aromatic nitrogens is 6. The van der Waals surface area contributed by atoms with Gasteiger partial charge >= 0.3 is 0 Å². The van der Waals surface area contributed by atoms with Crippen LogP contribution in [0.5, 0.6) is 0 Å². The normalized spacial score (nSPS) is 11.5. The molecule has 0 aliphatic rings. The van der Waals surface area contributed by atoms with Gasteiger partial charge in [0.1, 0.15) is 11.6 Å². The summed E-state index contributed by atoms with van der Waals surface area (Å²) in [7, 11) is 0. The predicted octanol–water partition coefficient (Wildman–Crippen LogP) is 5.90. The van der Waals surface area contributed by atoms with Gasteiger partial charge in [-0.15, -0.1) is 10.2 Å². The smallest absolute Gasteiger partial charge is 0.261 e. The van der Waals surface area contributed by atoms with Crippen LogP contribution in [0, 0.1) is 5.82 Å². The summed E-state index contributed by atoms with van der Waals surface area (Å²) in [5.41, 5.74) is 5.08. The van der Waals surface area contributed by atoms with Gasteiger partial charge in [-0.1, -0.05) is 63.6 Å².